The van der Waals surface area contributed by atoms with Crippen molar-refractivity contribution < 1.29 is 4.74 Å². The smallest absolute Gasteiger partial charge is 0.0597 e. The lowest BCUT2D eigenvalue weighted by Gasteiger charge is -2.30. The Balaban J connectivity index is 2.16. The zero-order valence-corrected chi connectivity index (χ0v) is 14.1. The summed E-state index contributed by atoms with van der Waals surface area (Å²) in [6, 6.07) is 4.60. The topological polar surface area (TPSA) is 34.2 Å². The lowest BCUT2D eigenvalue weighted by molar-refractivity contribution is 0.0475. The summed E-state index contributed by atoms with van der Waals surface area (Å²) < 4.78 is 6.05. The predicted octanol–water partition coefficient (Wildman–Crippen LogP) is 3.36. The van der Waals surface area contributed by atoms with Crippen LogP contribution in [0.4, 0.5) is 0 Å². The van der Waals surface area contributed by atoms with E-state index >= 15 is 0 Å². The quantitative estimate of drug-likeness (QED) is 0.872. The molecule has 3 nitrogen and oxygen atoms in total. The molecule has 3 heteroatoms. The Hall–Kier alpha value is -0.930. The molecule has 2 rings (SSSR count). The minimum atomic E-state index is 0.313. The first kappa shape index (κ1) is 16.4. The average molecular weight is 290 g/mol. The van der Waals surface area contributed by atoms with Crippen molar-refractivity contribution in [1.29, 1.82) is 0 Å². The number of ether oxygens (including phenoxy) is 1. The standard InChI is InChI=1S/C18H30N2O/c1-6-9-19-17(11-16-12(2)8-7-10-20-16)18-13(3)14(4)21-15(18)5/h7-8,10,13-15,17-19H,6,9,11H2,1-5H3. The lowest BCUT2D eigenvalue weighted by atomic mass is 9.81. The third-order valence-electron chi connectivity index (χ3n) is 4.97. The Morgan fingerprint density at radius 3 is 2.62 bits per heavy atom. The van der Waals surface area contributed by atoms with E-state index < -0.39 is 0 Å². The first-order valence-corrected chi connectivity index (χ1v) is 8.34. The van der Waals surface area contributed by atoms with E-state index in [1.807, 2.05) is 12.3 Å². The summed E-state index contributed by atoms with van der Waals surface area (Å²) in [4.78, 5) is 4.59. The largest absolute Gasteiger partial charge is 0.375 e. The van der Waals surface area contributed by atoms with Crippen LogP contribution < -0.4 is 5.32 Å². The number of rotatable bonds is 6. The van der Waals surface area contributed by atoms with E-state index in [-0.39, 0.29) is 0 Å². The second-order valence-corrected chi connectivity index (χ2v) is 6.51. The average Bonchev–Trinajstić information content (AvgIpc) is 2.71. The number of nitrogens with zero attached hydrogens (tertiary/aromatic N) is 1. The minimum Gasteiger partial charge on any atom is -0.375 e. The maximum absolute atomic E-state index is 6.05. The summed E-state index contributed by atoms with van der Waals surface area (Å²) in [5.41, 5.74) is 2.50. The molecule has 1 aliphatic rings. The monoisotopic (exact) mass is 290 g/mol. The molecule has 0 saturated carbocycles. The maximum atomic E-state index is 6.05. The van der Waals surface area contributed by atoms with Crippen LogP contribution in [0.25, 0.3) is 0 Å². The van der Waals surface area contributed by atoms with Crippen LogP contribution in [-0.2, 0) is 11.2 Å². The Kier molecular flexibility index (Phi) is 5.77. The van der Waals surface area contributed by atoms with E-state index in [0.717, 1.165) is 19.4 Å². The molecule has 5 unspecified atom stereocenters. The molecule has 21 heavy (non-hydrogen) atoms. The van der Waals surface area contributed by atoms with Crippen LogP contribution in [0.15, 0.2) is 18.3 Å². The van der Waals surface area contributed by atoms with Crippen molar-refractivity contribution in [2.75, 3.05) is 6.54 Å². The second-order valence-electron chi connectivity index (χ2n) is 6.51. The van der Waals surface area contributed by atoms with Gasteiger partial charge in [0.25, 0.3) is 0 Å². The first-order valence-electron chi connectivity index (χ1n) is 8.34. The molecule has 0 bridgehead atoms. The van der Waals surface area contributed by atoms with E-state index in [2.05, 4.69) is 51.0 Å². The Labute approximate surface area is 129 Å². The number of pyridine rings is 1. The van der Waals surface area contributed by atoms with Gasteiger partial charge in [-0.1, -0.05) is 19.9 Å². The molecule has 1 saturated heterocycles. The van der Waals surface area contributed by atoms with Crippen molar-refractivity contribution in [3.63, 3.8) is 0 Å². The van der Waals surface area contributed by atoms with Gasteiger partial charge in [-0.25, -0.2) is 0 Å². The van der Waals surface area contributed by atoms with Crippen molar-refractivity contribution in [3.05, 3.63) is 29.6 Å². The van der Waals surface area contributed by atoms with Crippen LogP contribution in [0.3, 0.4) is 0 Å². The van der Waals surface area contributed by atoms with Crippen LogP contribution in [0.1, 0.15) is 45.4 Å². The highest BCUT2D eigenvalue weighted by molar-refractivity contribution is 5.19. The molecule has 0 spiro atoms. The Bertz CT molecular complexity index is 449. The van der Waals surface area contributed by atoms with Gasteiger partial charge in [0, 0.05) is 30.3 Å². The van der Waals surface area contributed by atoms with E-state index in [9.17, 15) is 0 Å². The summed E-state index contributed by atoms with van der Waals surface area (Å²) in [6.07, 6.45) is 4.71. The molecule has 2 heterocycles. The fourth-order valence-corrected chi connectivity index (χ4v) is 3.60. The van der Waals surface area contributed by atoms with Crippen molar-refractivity contribution in [2.24, 2.45) is 11.8 Å². The third kappa shape index (κ3) is 3.83. The van der Waals surface area contributed by atoms with Crippen molar-refractivity contribution in [2.45, 2.75) is 65.7 Å². The van der Waals surface area contributed by atoms with Crippen LogP contribution in [0.5, 0.6) is 0 Å². The minimum absolute atomic E-state index is 0.313. The number of aromatic nitrogens is 1. The molecule has 1 aliphatic heterocycles. The molecule has 0 aromatic carbocycles. The summed E-state index contributed by atoms with van der Waals surface area (Å²) in [7, 11) is 0. The zero-order valence-electron chi connectivity index (χ0n) is 14.1. The van der Waals surface area contributed by atoms with Crippen LogP contribution >= 0.6 is 0 Å². The summed E-state index contributed by atoms with van der Waals surface area (Å²) in [6.45, 7) is 12.2. The third-order valence-corrected chi connectivity index (χ3v) is 4.97. The van der Waals surface area contributed by atoms with Gasteiger partial charge in [0.15, 0.2) is 0 Å². The number of hydrogen-bond donors (Lipinski definition) is 1. The van der Waals surface area contributed by atoms with Gasteiger partial charge in [0.2, 0.25) is 0 Å². The summed E-state index contributed by atoms with van der Waals surface area (Å²) in [5.74, 6) is 1.13. The van der Waals surface area contributed by atoms with Gasteiger partial charge in [-0.05, 0) is 51.3 Å². The normalized spacial score (nSPS) is 30.5. The van der Waals surface area contributed by atoms with Gasteiger partial charge in [-0.2, -0.15) is 0 Å². The van der Waals surface area contributed by atoms with Gasteiger partial charge in [0.1, 0.15) is 0 Å². The van der Waals surface area contributed by atoms with Crippen molar-refractivity contribution in [1.82, 2.24) is 10.3 Å². The van der Waals surface area contributed by atoms with E-state index in [1.165, 1.54) is 11.3 Å². The molecule has 0 aliphatic carbocycles. The van der Waals surface area contributed by atoms with Gasteiger partial charge in [-0.3, -0.25) is 4.98 Å². The highest BCUT2D eigenvalue weighted by atomic mass is 16.5. The second kappa shape index (κ2) is 7.37. The van der Waals surface area contributed by atoms with E-state index in [0.29, 0.717) is 30.1 Å². The fourth-order valence-electron chi connectivity index (χ4n) is 3.60. The zero-order chi connectivity index (χ0) is 15.4. The molecule has 1 N–H and O–H groups in total. The number of aryl methyl sites for hydroxylation is 1. The summed E-state index contributed by atoms with van der Waals surface area (Å²) >= 11 is 0. The number of nitrogens with one attached hydrogen (secondary N) is 1. The van der Waals surface area contributed by atoms with E-state index in [4.69, 9.17) is 4.74 Å². The molecule has 0 radical (unpaired) electrons. The van der Waals surface area contributed by atoms with E-state index in [1.54, 1.807) is 0 Å². The molecule has 118 valence electrons. The Morgan fingerprint density at radius 1 is 1.29 bits per heavy atom. The van der Waals surface area contributed by atoms with Gasteiger partial charge < -0.3 is 10.1 Å². The van der Waals surface area contributed by atoms with Crippen LogP contribution in [-0.4, -0.2) is 29.8 Å². The first-order chi connectivity index (χ1) is 10.0. The van der Waals surface area contributed by atoms with Gasteiger partial charge in [0.05, 0.1) is 12.2 Å². The van der Waals surface area contributed by atoms with Gasteiger partial charge in [-0.15, -0.1) is 0 Å². The summed E-state index contributed by atoms with van der Waals surface area (Å²) in [5, 5.41) is 3.75. The molecule has 1 fully saturated rings. The Morgan fingerprint density at radius 2 is 2.05 bits per heavy atom. The molecule has 5 atom stereocenters. The molecule has 0 amide bonds. The van der Waals surface area contributed by atoms with Crippen molar-refractivity contribution in [3.8, 4) is 0 Å². The fraction of sp³-hybridized carbons (Fsp3) is 0.722. The highest BCUT2D eigenvalue weighted by Gasteiger charge is 2.41. The van der Waals surface area contributed by atoms with Crippen LogP contribution in [0, 0.1) is 18.8 Å². The lowest BCUT2D eigenvalue weighted by Crippen LogP contribution is -2.44. The van der Waals surface area contributed by atoms with Crippen molar-refractivity contribution >= 4 is 0 Å². The highest BCUT2D eigenvalue weighted by Crippen LogP contribution is 2.35. The predicted molar refractivity (Wildman–Crippen MR) is 87.4 cm³/mol. The van der Waals surface area contributed by atoms with Gasteiger partial charge >= 0.3 is 0 Å². The molecular formula is C18H30N2O. The van der Waals surface area contributed by atoms with Crippen LogP contribution in [0.2, 0.25) is 0 Å². The molecule has 1 aromatic heterocycles. The molecule has 1 aromatic rings. The SMILES string of the molecule is CCCNC(Cc1ncccc1C)C1C(C)OC(C)C1C. The molecular weight excluding hydrogens is 260 g/mol. The maximum Gasteiger partial charge on any atom is 0.0597 e. The number of hydrogen-bond acceptors (Lipinski definition) is 3.